The lowest BCUT2D eigenvalue weighted by Gasteiger charge is -2.05. The Morgan fingerprint density at radius 1 is 0.913 bits per heavy atom. The van der Waals surface area contributed by atoms with E-state index in [2.05, 4.69) is 59.6 Å². The van der Waals surface area contributed by atoms with Gasteiger partial charge in [0.15, 0.2) is 0 Å². The molecule has 114 valence electrons. The summed E-state index contributed by atoms with van der Waals surface area (Å²) in [6.07, 6.45) is 0.861. The minimum absolute atomic E-state index is 0.0367. The zero-order chi connectivity index (χ0) is 15.8. The molecule has 0 aliphatic rings. The lowest BCUT2D eigenvalue weighted by atomic mass is 10.0. The number of nitrogens with one attached hydrogen (secondary N) is 1. The summed E-state index contributed by atoms with van der Waals surface area (Å²) < 4.78 is 1.76. The topological polar surface area (TPSA) is 37.8 Å². The Morgan fingerprint density at radius 3 is 2.48 bits per heavy atom. The van der Waals surface area contributed by atoms with Crippen LogP contribution in [-0.4, -0.2) is 9.55 Å². The number of fused-ring (bicyclic) bond motifs is 2. The second kappa shape index (κ2) is 5.43. The summed E-state index contributed by atoms with van der Waals surface area (Å²) in [4.78, 5) is 14.8. The maximum absolute atomic E-state index is 11.9. The van der Waals surface area contributed by atoms with Crippen LogP contribution in [0, 0.1) is 0 Å². The van der Waals surface area contributed by atoms with Crippen LogP contribution >= 0.6 is 0 Å². The molecule has 1 N–H and O–H groups in total. The fourth-order valence-corrected chi connectivity index (χ4v) is 3.22. The number of aromatic nitrogens is 2. The minimum atomic E-state index is -0.0367. The van der Waals surface area contributed by atoms with E-state index in [4.69, 9.17) is 0 Å². The van der Waals surface area contributed by atoms with Crippen LogP contribution in [0.1, 0.15) is 18.1 Å². The van der Waals surface area contributed by atoms with Crippen molar-refractivity contribution in [1.82, 2.24) is 9.55 Å². The van der Waals surface area contributed by atoms with Gasteiger partial charge in [0.05, 0.1) is 11.0 Å². The number of hydrogen-bond donors (Lipinski definition) is 1. The van der Waals surface area contributed by atoms with Crippen molar-refractivity contribution < 1.29 is 0 Å². The molecule has 1 aromatic heterocycles. The summed E-state index contributed by atoms with van der Waals surface area (Å²) in [5.41, 5.74) is 4.33. The van der Waals surface area contributed by atoms with Gasteiger partial charge in [-0.3, -0.25) is 4.57 Å². The third kappa shape index (κ3) is 2.44. The molecule has 3 heteroatoms. The molecule has 0 fully saturated rings. The Balaban J connectivity index is 1.72. The van der Waals surface area contributed by atoms with Crippen molar-refractivity contribution in [3.8, 4) is 0 Å². The minimum Gasteiger partial charge on any atom is -0.306 e. The van der Waals surface area contributed by atoms with E-state index in [1.807, 2.05) is 13.0 Å². The van der Waals surface area contributed by atoms with Crippen LogP contribution in [-0.2, 0) is 13.0 Å². The molecule has 0 saturated heterocycles. The van der Waals surface area contributed by atoms with Gasteiger partial charge in [0.1, 0.15) is 0 Å². The Kier molecular flexibility index (Phi) is 3.27. The van der Waals surface area contributed by atoms with Crippen LogP contribution < -0.4 is 5.69 Å². The summed E-state index contributed by atoms with van der Waals surface area (Å²) >= 11 is 0. The second-order valence-corrected chi connectivity index (χ2v) is 5.88. The zero-order valence-corrected chi connectivity index (χ0v) is 13.0. The number of hydrogen-bond acceptors (Lipinski definition) is 1. The van der Waals surface area contributed by atoms with Gasteiger partial charge in [-0.05, 0) is 47.4 Å². The van der Waals surface area contributed by atoms with Gasteiger partial charge in [0.2, 0.25) is 0 Å². The van der Waals surface area contributed by atoms with E-state index in [1.165, 1.54) is 21.9 Å². The predicted molar refractivity (Wildman–Crippen MR) is 95.0 cm³/mol. The van der Waals surface area contributed by atoms with Gasteiger partial charge in [-0.1, -0.05) is 48.5 Å². The van der Waals surface area contributed by atoms with Gasteiger partial charge in [-0.2, -0.15) is 0 Å². The van der Waals surface area contributed by atoms with Gasteiger partial charge in [-0.15, -0.1) is 0 Å². The number of imidazole rings is 1. The van der Waals surface area contributed by atoms with E-state index in [-0.39, 0.29) is 5.69 Å². The fourth-order valence-electron chi connectivity index (χ4n) is 3.22. The van der Waals surface area contributed by atoms with Gasteiger partial charge in [0.25, 0.3) is 0 Å². The van der Waals surface area contributed by atoms with E-state index in [1.54, 1.807) is 4.57 Å². The summed E-state index contributed by atoms with van der Waals surface area (Å²) in [7, 11) is 0. The van der Waals surface area contributed by atoms with Crippen molar-refractivity contribution in [2.75, 3.05) is 0 Å². The molecule has 0 amide bonds. The highest BCUT2D eigenvalue weighted by Crippen LogP contribution is 2.20. The van der Waals surface area contributed by atoms with Gasteiger partial charge < -0.3 is 4.98 Å². The van der Waals surface area contributed by atoms with Crippen molar-refractivity contribution in [2.24, 2.45) is 0 Å². The molecule has 1 heterocycles. The number of aryl methyl sites for hydroxylation is 1. The van der Waals surface area contributed by atoms with E-state index in [0.717, 1.165) is 17.5 Å². The molecule has 23 heavy (non-hydrogen) atoms. The number of rotatable bonds is 3. The van der Waals surface area contributed by atoms with E-state index in [0.29, 0.717) is 6.54 Å². The average Bonchev–Trinajstić information content (AvgIpc) is 2.89. The Hall–Kier alpha value is -2.81. The van der Waals surface area contributed by atoms with E-state index >= 15 is 0 Å². The van der Waals surface area contributed by atoms with Crippen LogP contribution in [0.2, 0.25) is 0 Å². The summed E-state index contributed by atoms with van der Waals surface area (Å²) in [6, 6.07) is 21.2. The predicted octanol–water partition coefficient (Wildman–Crippen LogP) is 4.09. The molecule has 0 aliphatic carbocycles. The number of nitrogens with zero attached hydrogens (tertiary/aromatic N) is 1. The number of H-pyrrole nitrogens is 1. The highest BCUT2D eigenvalue weighted by Gasteiger charge is 2.06. The molecule has 4 rings (SSSR count). The summed E-state index contributed by atoms with van der Waals surface area (Å²) in [5.74, 6) is 0. The van der Waals surface area contributed by atoms with E-state index < -0.39 is 0 Å². The smallest absolute Gasteiger partial charge is 0.306 e. The highest BCUT2D eigenvalue weighted by atomic mass is 16.1. The first kappa shape index (κ1) is 13.8. The molecule has 3 aromatic carbocycles. The van der Waals surface area contributed by atoms with Crippen molar-refractivity contribution >= 4 is 21.8 Å². The Morgan fingerprint density at radius 2 is 1.65 bits per heavy atom. The van der Waals surface area contributed by atoms with Crippen LogP contribution in [0.4, 0.5) is 0 Å². The SMILES string of the molecule is CCn1c(=O)[nH]c2cc(Cc3ccc4ccccc4c3)ccc21. The van der Waals surface area contributed by atoms with Crippen molar-refractivity contribution in [2.45, 2.75) is 19.9 Å². The molecule has 0 aliphatic heterocycles. The Labute approximate surface area is 134 Å². The first-order valence-corrected chi connectivity index (χ1v) is 7.94. The quantitative estimate of drug-likeness (QED) is 0.608. The van der Waals surface area contributed by atoms with Crippen molar-refractivity contribution in [3.63, 3.8) is 0 Å². The maximum atomic E-state index is 11.9. The molecular weight excluding hydrogens is 284 g/mol. The molecular formula is C20H18N2O. The fraction of sp³-hybridized carbons (Fsp3) is 0.150. The summed E-state index contributed by atoms with van der Waals surface area (Å²) in [6.45, 7) is 2.67. The molecule has 0 radical (unpaired) electrons. The average molecular weight is 302 g/mol. The van der Waals surface area contributed by atoms with E-state index in [9.17, 15) is 4.79 Å². The zero-order valence-electron chi connectivity index (χ0n) is 13.0. The molecule has 0 atom stereocenters. The first-order valence-electron chi connectivity index (χ1n) is 7.94. The Bertz CT molecular complexity index is 1060. The number of aromatic amines is 1. The maximum Gasteiger partial charge on any atom is 0.326 e. The van der Waals surface area contributed by atoms with Gasteiger partial charge in [0, 0.05) is 6.54 Å². The lowest BCUT2D eigenvalue weighted by molar-refractivity contribution is 0.753. The lowest BCUT2D eigenvalue weighted by Crippen LogP contribution is -2.14. The third-order valence-corrected chi connectivity index (χ3v) is 4.38. The van der Waals surface area contributed by atoms with Crippen LogP contribution in [0.3, 0.4) is 0 Å². The summed E-state index contributed by atoms with van der Waals surface area (Å²) in [5, 5.41) is 2.52. The molecule has 0 unspecified atom stereocenters. The second-order valence-electron chi connectivity index (χ2n) is 5.88. The van der Waals surface area contributed by atoms with Crippen molar-refractivity contribution in [1.29, 1.82) is 0 Å². The molecule has 0 saturated carbocycles. The highest BCUT2D eigenvalue weighted by molar-refractivity contribution is 5.83. The van der Waals surface area contributed by atoms with Gasteiger partial charge in [-0.25, -0.2) is 4.79 Å². The first-order chi connectivity index (χ1) is 11.2. The van der Waals surface area contributed by atoms with Gasteiger partial charge >= 0.3 is 5.69 Å². The molecule has 0 spiro atoms. The molecule has 3 nitrogen and oxygen atoms in total. The molecule has 0 bridgehead atoms. The van der Waals surface area contributed by atoms with Crippen LogP contribution in [0.25, 0.3) is 21.8 Å². The largest absolute Gasteiger partial charge is 0.326 e. The third-order valence-electron chi connectivity index (χ3n) is 4.38. The normalized spacial score (nSPS) is 11.3. The van der Waals surface area contributed by atoms with Crippen LogP contribution in [0.15, 0.2) is 65.5 Å². The van der Waals surface area contributed by atoms with Crippen molar-refractivity contribution in [3.05, 3.63) is 82.3 Å². The number of benzene rings is 3. The van der Waals surface area contributed by atoms with Crippen LogP contribution in [0.5, 0.6) is 0 Å². The molecule has 4 aromatic rings. The standard InChI is InChI=1S/C20H18N2O/c1-2-22-19-10-8-15(13-18(19)21-20(22)23)11-14-7-9-16-5-3-4-6-17(16)12-14/h3-10,12-13H,2,11H2,1H3,(H,21,23). The monoisotopic (exact) mass is 302 g/mol.